The number of amides is 1. The normalized spacial score (nSPS) is 12.7. The minimum atomic E-state index is -4.64. The number of carbonyl (C=O) groups excluding carboxylic acids is 1. The van der Waals surface area contributed by atoms with Gasteiger partial charge in [-0.05, 0) is 11.6 Å². The van der Waals surface area contributed by atoms with Gasteiger partial charge in [0.25, 0.3) is 5.56 Å². The van der Waals surface area contributed by atoms with Gasteiger partial charge in [0.1, 0.15) is 0 Å². The van der Waals surface area contributed by atoms with Crippen LogP contribution in [0.5, 0.6) is 0 Å². The van der Waals surface area contributed by atoms with E-state index in [1.54, 1.807) is 30.3 Å². The van der Waals surface area contributed by atoms with Crippen LogP contribution in [0.15, 0.2) is 59.4 Å². The minimum Gasteiger partial charge on any atom is -0.340 e. The standard InChI is InChI=1S/C19H16F3N3O2/c1-25-18(27)14-10-6-5-9-13(14)15(24-25)11-16(26)23-17(19(20,21)22)12-7-3-2-4-8-12/h2-10,17H,11H2,1H3,(H,23,26)/t17-/m0/s1. The molecule has 0 aliphatic rings. The van der Waals surface area contributed by atoms with E-state index < -0.39 is 18.1 Å². The fourth-order valence-electron chi connectivity index (χ4n) is 2.87. The monoisotopic (exact) mass is 375 g/mol. The first-order chi connectivity index (χ1) is 12.8. The Morgan fingerprint density at radius 3 is 2.30 bits per heavy atom. The van der Waals surface area contributed by atoms with Crippen molar-refractivity contribution in [1.82, 2.24) is 15.1 Å². The molecule has 0 unspecified atom stereocenters. The number of nitrogens with zero attached hydrogens (tertiary/aromatic N) is 2. The van der Waals surface area contributed by atoms with Crippen molar-refractivity contribution >= 4 is 16.7 Å². The number of carbonyl (C=O) groups is 1. The van der Waals surface area contributed by atoms with E-state index >= 15 is 0 Å². The van der Waals surface area contributed by atoms with Gasteiger partial charge in [0, 0.05) is 12.4 Å². The molecule has 1 atom stereocenters. The molecule has 1 aromatic heterocycles. The Morgan fingerprint density at radius 1 is 1.07 bits per heavy atom. The Hall–Kier alpha value is -3.16. The molecule has 1 N–H and O–H groups in total. The zero-order chi connectivity index (χ0) is 19.6. The van der Waals surface area contributed by atoms with Crippen LogP contribution in [-0.2, 0) is 18.3 Å². The molecule has 27 heavy (non-hydrogen) atoms. The van der Waals surface area contributed by atoms with E-state index in [1.807, 2.05) is 5.32 Å². The Labute approximate surface area is 152 Å². The number of hydrogen-bond donors (Lipinski definition) is 1. The van der Waals surface area contributed by atoms with Crippen LogP contribution in [0.4, 0.5) is 13.2 Å². The van der Waals surface area contributed by atoms with Gasteiger partial charge < -0.3 is 5.32 Å². The van der Waals surface area contributed by atoms with Gasteiger partial charge >= 0.3 is 6.18 Å². The van der Waals surface area contributed by atoms with E-state index in [4.69, 9.17) is 0 Å². The molecule has 1 heterocycles. The summed E-state index contributed by atoms with van der Waals surface area (Å²) < 4.78 is 41.3. The maximum Gasteiger partial charge on any atom is 0.412 e. The molecule has 0 saturated carbocycles. The Kier molecular flexibility index (Phi) is 4.98. The first kappa shape index (κ1) is 18.6. The molecule has 0 aliphatic carbocycles. The molecule has 0 aliphatic heterocycles. The summed E-state index contributed by atoms with van der Waals surface area (Å²) >= 11 is 0. The maximum absolute atomic E-state index is 13.4. The van der Waals surface area contributed by atoms with Gasteiger partial charge in [-0.2, -0.15) is 18.3 Å². The van der Waals surface area contributed by atoms with E-state index in [-0.39, 0.29) is 23.2 Å². The summed E-state index contributed by atoms with van der Waals surface area (Å²) in [5.41, 5.74) is -0.164. The zero-order valence-electron chi connectivity index (χ0n) is 14.3. The lowest BCUT2D eigenvalue weighted by molar-refractivity contribution is -0.163. The van der Waals surface area contributed by atoms with Gasteiger partial charge in [-0.15, -0.1) is 0 Å². The lowest BCUT2D eigenvalue weighted by atomic mass is 10.1. The van der Waals surface area contributed by atoms with Crippen LogP contribution >= 0.6 is 0 Å². The van der Waals surface area contributed by atoms with Crippen molar-refractivity contribution in [1.29, 1.82) is 0 Å². The molecule has 2 aromatic carbocycles. The van der Waals surface area contributed by atoms with Crippen molar-refractivity contribution < 1.29 is 18.0 Å². The second-order valence-electron chi connectivity index (χ2n) is 6.05. The predicted molar refractivity (Wildman–Crippen MR) is 94.1 cm³/mol. The number of rotatable bonds is 4. The summed E-state index contributed by atoms with van der Waals surface area (Å²) in [6.45, 7) is 0. The summed E-state index contributed by atoms with van der Waals surface area (Å²) in [6.07, 6.45) is -5.02. The summed E-state index contributed by atoms with van der Waals surface area (Å²) in [6, 6.07) is 11.6. The Bertz CT molecular complexity index is 1030. The lowest BCUT2D eigenvalue weighted by Crippen LogP contribution is -2.39. The highest BCUT2D eigenvalue weighted by Gasteiger charge is 2.41. The second kappa shape index (κ2) is 7.22. The number of fused-ring (bicyclic) bond motifs is 1. The average Bonchev–Trinajstić information content (AvgIpc) is 2.64. The molecule has 0 radical (unpaired) electrons. The van der Waals surface area contributed by atoms with Crippen LogP contribution in [0.3, 0.4) is 0 Å². The molecule has 140 valence electrons. The fourth-order valence-corrected chi connectivity index (χ4v) is 2.87. The molecule has 0 saturated heterocycles. The third kappa shape index (κ3) is 3.99. The largest absolute Gasteiger partial charge is 0.412 e. The van der Waals surface area contributed by atoms with Crippen molar-refractivity contribution in [3.05, 3.63) is 76.2 Å². The van der Waals surface area contributed by atoms with Crippen LogP contribution in [0.25, 0.3) is 10.8 Å². The summed E-state index contributed by atoms with van der Waals surface area (Å²) in [5, 5.41) is 6.87. The van der Waals surface area contributed by atoms with E-state index in [2.05, 4.69) is 5.10 Å². The molecule has 3 aromatic rings. The highest BCUT2D eigenvalue weighted by atomic mass is 19.4. The highest BCUT2D eigenvalue weighted by Crippen LogP contribution is 2.32. The first-order valence-corrected chi connectivity index (χ1v) is 8.13. The van der Waals surface area contributed by atoms with Gasteiger partial charge in [-0.3, -0.25) is 9.59 Å². The molecule has 0 bridgehead atoms. The number of aryl methyl sites for hydroxylation is 1. The van der Waals surface area contributed by atoms with Crippen molar-refractivity contribution in [2.45, 2.75) is 18.6 Å². The average molecular weight is 375 g/mol. The first-order valence-electron chi connectivity index (χ1n) is 8.13. The van der Waals surface area contributed by atoms with Crippen molar-refractivity contribution in [3.63, 3.8) is 0 Å². The van der Waals surface area contributed by atoms with Crippen LogP contribution < -0.4 is 10.9 Å². The van der Waals surface area contributed by atoms with Gasteiger partial charge in [0.15, 0.2) is 6.04 Å². The van der Waals surface area contributed by atoms with Gasteiger partial charge in [0.05, 0.1) is 17.5 Å². The molecule has 0 spiro atoms. The summed E-state index contributed by atoms with van der Waals surface area (Å²) in [7, 11) is 1.43. The second-order valence-corrected chi connectivity index (χ2v) is 6.05. The molecule has 5 nitrogen and oxygen atoms in total. The molecule has 8 heteroatoms. The number of hydrogen-bond acceptors (Lipinski definition) is 3. The highest BCUT2D eigenvalue weighted by molar-refractivity contribution is 5.88. The van der Waals surface area contributed by atoms with Gasteiger partial charge in [-0.25, -0.2) is 4.68 Å². The Morgan fingerprint density at radius 2 is 1.67 bits per heavy atom. The van der Waals surface area contributed by atoms with Crippen molar-refractivity contribution in [2.24, 2.45) is 7.05 Å². The molecular formula is C19H16F3N3O2. The smallest absolute Gasteiger partial charge is 0.340 e. The van der Waals surface area contributed by atoms with Gasteiger partial charge in [0.2, 0.25) is 5.91 Å². The summed E-state index contributed by atoms with van der Waals surface area (Å²) in [5.74, 6) is -0.836. The van der Waals surface area contributed by atoms with E-state index in [9.17, 15) is 22.8 Å². The molecule has 0 fully saturated rings. The van der Waals surface area contributed by atoms with Crippen LogP contribution in [0, 0.1) is 0 Å². The van der Waals surface area contributed by atoms with Crippen LogP contribution in [0.1, 0.15) is 17.3 Å². The number of nitrogens with one attached hydrogen (secondary N) is 1. The van der Waals surface area contributed by atoms with Crippen molar-refractivity contribution in [3.8, 4) is 0 Å². The van der Waals surface area contributed by atoms with Crippen LogP contribution in [-0.4, -0.2) is 21.9 Å². The zero-order valence-corrected chi connectivity index (χ0v) is 14.3. The third-order valence-corrected chi connectivity index (χ3v) is 4.13. The number of aromatic nitrogens is 2. The Balaban J connectivity index is 1.90. The SMILES string of the molecule is Cn1nc(CC(=O)N[C@@H](c2ccccc2)C(F)(F)F)c2ccccc2c1=O. The molecule has 3 rings (SSSR count). The lowest BCUT2D eigenvalue weighted by Gasteiger charge is -2.22. The maximum atomic E-state index is 13.4. The van der Waals surface area contributed by atoms with Crippen molar-refractivity contribution in [2.75, 3.05) is 0 Å². The number of alkyl halides is 3. The van der Waals surface area contributed by atoms with E-state index in [1.165, 1.54) is 31.3 Å². The number of benzene rings is 2. The topological polar surface area (TPSA) is 64.0 Å². The predicted octanol–water partition coefficient (Wildman–Crippen LogP) is 2.90. The minimum absolute atomic E-state index is 0.0587. The fraction of sp³-hybridized carbons (Fsp3) is 0.211. The van der Waals surface area contributed by atoms with Crippen LogP contribution in [0.2, 0.25) is 0 Å². The summed E-state index contributed by atoms with van der Waals surface area (Å²) in [4.78, 5) is 24.5. The van der Waals surface area contributed by atoms with E-state index in [0.29, 0.717) is 10.8 Å². The van der Waals surface area contributed by atoms with Gasteiger partial charge in [-0.1, -0.05) is 48.5 Å². The quantitative estimate of drug-likeness (QED) is 0.763. The molecule has 1 amide bonds. The third-order valence-electron chi connectivity index (χ3n) is 4.13. The number of halogens is 3. The molecular weight excluding hydrogens is 359 g/mol. The van der Waals surface area contributed by atoms with E-state index in [0.717, 1.165) is 4.68 Å².